The van der Waals surface area contributed by atoms with E-state index in [1.54, 1.807) is 0 Å². The molecular formula is C22H25NO4. The van der Waals surface area contributed by atoms with E-state index in [0.29, 0.717) is 5.75 Å². The molecule has 0 saturated carbocycles. The summed E-state index contributed by atoms with van der Waals surface area (Å²) in [4.78, 5) is 10.4. The van der Waals surface area contributed by atoms with Crippen LogP contribution in [0.3, 0.4) is 0 Å². The summed E-state index contributed by atoms with van der Waals surface area (Å²) < 4.78 is 6.51. The number of aliphatic hydroxyl groups is 1. The van der Waals surface area contributed by atoms with Gasteiger partial charge in [-0.1, -0.05) is 30.3 Å². The van der Waals surface area contributed by atoms with Crippen LogP contribution in [0.15, 0.2) is 48.5 Å². The van der Waals surface area contributed by atoms with E-state index in [-0.39, 0.29) is 12.2 Å². The van der Waals surface area contributed by atoms with E-state index in [1.807, 2.05) is 36.4 Å². The molecule has 2 aromatic rings. The van der Waals surface area contributed by atoms with Crippen molar-refractivity contribution in [2.24, 2.45) is 0 Å². The maximum atomic E-state index is 9.48. The summed E-state index contributed by atoms with van der Waals surface area (Å²) >= 11 is 0. The SMILES string of the molecule is COOc1cc(CO)ccc1C1=CC2(CCCNCC2)Oc2ccccc21. The lowest BCUT2D eigenvalue weighted by Crippen LogP contribution is -2.37. The number of nitrogens with one attached hydrogen (secondary N) is 1. The first-order valence-corrected chi connectivity index (χ1v) is 9.41. The van der Waals surface area contributed by atoms with Gasteiger partial charge in [-0.25, -0.2) is 0 Å². The van der Waals surface area contributed by atoms with Crippen molar-refractivity contribution in [2.75, 3.05) is 20.2 Å². The van der Waals surface area contributed by atoms with Crippen LogP contribution < -0.4 is 14.9 Å². The van der Waals surface area contributed by atoms with E-state index < -0.39 is 0 Å². The third kappa shape index (κ3) is 3.58. The molecule has 5 heteroatoms. The number of aliphatic hydroxyl groups excluding tert-OH is 1. The Hall–Kier alpha value is -2.34. The van der Waals surface area contributed by atoms with Crippen molar-refractivity contribution in [2.45, 2.75) is 31.5 Å². The summed E-state index contributed by atoms with van der Waals surface area (Å²) in [6.07, 6.45) is 5.20. The van der Waals surface area contributed by atoms with Gasteiger partial charge in [0.05, 0.1) is 13.7 Å². The zero-order valence-electron chi connectivity index (χ0n) is 15.5. The van der Waals surface area contributed by atoms with Gasteiger partial charge < -0.3 is 20.0 Å². The molecule has 1 unspecified atom stereocenters. The highest BCUT2D eigenvalue weighted by molar-refractivity contribution is 5.87. The molecule has 1 spiro atoms. The molecule has 1 atom stereocenters. The topological polar surface area (TPSA) is 60.0 Å². The molecule has 2 aromatic carbocycles. The molecule has 27 heavy (non-hydrogen) atoms. The lowest BCUT2D eigenvalue weighted by Gasteiger charge is -2.36. The maximum absolute atomic E-state index is 9.48. The zero-order valence-corrected chi connectivity index (χ0v) is 15.5. The van der Waals surface area contributed by atoms with Crippen molar-refractivity contribution in [1.82, 2.24) is 5.32 Å². The number of hydrogen-bond acceptors (Lipinski definition) is 5. The van der Waals surface area contributed by atoms with Gasteiger partial charge in [-0.15, -0.1) is 0 Å². The Morgan fingerprint density at radius 3 is 2.85 bits per heavy atom. The van der Waals surface area contributed by atoms with Crippen LogP contribution in [0.5, 0.6) is 11.5 Å². The lowest BCUT2D eigenvalue weighted by atomic mass is 9.84. The third-order valence-electron chi connectivity index (χ3n) is 5.27. The van der Waals surface area contributed by atoms with E-state index in [4.69, 9.17) is 14.5 Å². The molecule has 0 amide bonds. The predicted molar refractivity (Wildman–Crippen MR) is 104 cm³/mol. The minimum atomic E-state index is -0.326. The first kappa shape index (κ1) is 18.0. The van der Waals surface area contributed by atoms with Gasteiger partial charge in [-0.05, 0) is 55.3 Å². The highest BCUT2D eigenvalue weighted by Gasteiger charge is 2.36. The second-order valence-corrected chi connectivity index (χ2v) is 7.06. The molecule has 0 aliphatic carbocycles. The van der Waals surface area contributed by atoms with Gasteiger partial charge in [0.25, 0.3) is 0 Å². The highest BCUT2D eigenvalue weighted by atomic mass is 17.2. The first-order chi connectivity index (χ1) is 13.2. The zero-order chi connectivity index (χ0) is 18.7. The van der Waals surface area contributed by atoms with E-state index >= 15 is 0 Å². The van der Waals surface area contributed by atoms with Crippen LogP contribution in [0.4, 0.5) is 0 Å². The summed E-state index contributed by atoms with van der Waals surface area (Å²) in [6.45, 7) is 1.89. The Labute approximate surface area is 159 Å². The largest absolute Gasteiger partial charge is 0.482 e. The molecule has 2 heterocycles. The Balaban J connectivity index is 1.86. The van der Waals surface area contributed by atoms with E-state index in [0.717, 1.165) is 60.4 Å². The van der Waals surface area contributed by atoms with Gasteiger partial charge in [-0.2, -0.15) is 4.89 Å². The van der Waals surface area contributed by atoms with Crippen molar-refractivity contribution < 1.29 is 19.6 Å². The van der Waals surface area contributed by atoms with Crippen LogP contribution in [0.1, 0.15) is 36.0 Å². The Morgan fingerprint density at radius 2 is 2.00 bits per heavy atom. The molecule has 142 valence electrons. The summed E-state index contributed by atoms with van der Waals surface area (Å²) in [5.41, 5.74) is 3.50. The van der Waals surface area contributed by atoms with Crippen molar-refractivity contribution in [3.05, 3.63) is 65.2 Å². The number of rotatable bonds is 4. The normalized spacial score (nSPS) is 21.8. The van der Waals surface area contributed by atoms with E-state index in [9.17, 15) is 5.11 Å². The molecule has 5 nitrogen and oxygen atoms in total. The van der Waals surface area contributed by atoms with Gasteiger partial charge in [-0.3, -0.25) is 0 Å². The number of ether oxygens (including phenoxy) is 1. The second kappa shape index (κ2) is 7.72. The molecular weight excluding hydrogens is 342 g/mol. The summed E-state index contributed by atoms with van der Waals surface area (Å²) in [5.74, 6) is 1.49. The van der Waals surface area contributed by atoms with Crippen molar-refractivity contribution in [1.29, 1.82) is 0 Å². The highest BCUT2D eigenvalue weighted by Crippen LogP contribution is 2.44. The van der Waals surface area contributed by atoms with Crippen LogP contribution in [-0.2, 0) is 11.5 Å². The average molecular weight is 367 g/mol. The van der Waals surface area contributed by atoms with Gasteiger partial charge in [0.15, 0.2) is 5.75 Å². The number of benzene rings is 2. The Kier molecular flexibility index (Phi) is 5.16. The van der Waals surface area contributed by atoms with Crippen LogP contribution in [0.2, 0.25) is 0 Å². The van der Waals surface area contributed by atoms with Crippen LogP contribution in [-0.4, -0.2) is 30.9 Å². The maximum Gasteiger partial charge on any atom is 0.173 e. The smallest absolute Gasteiger partial charge is 0.173 e. The van der Waals surface area contributed by atoms with Crippen LogP contribution in [0, 0.1) is 0 Å². The van der Waals surface area contributed by atoms with Crippen LogP contribution in [0.25, 0.3) is 5.57 Å². The number of hydrogen-bond donors (Lipinski definition) is 2. The quantitative estimate of drug-likeness (QED) is 0.640. The first-order valence-electron chi connectivity index (χ1n) is 9.41. The predicted octanol–water partition coefficient (Wildman–Crippen LogP) is 3.46. The van der Waals surface area contributed by atoms with Crippen molar-refractivity contribution in [3.63, 3.8) is 0 Å². The second-order valence-electron chi connectivity index (χ2n) is 7.06. The molecule has 2 aliphatic rings. The molecule has 0 aromatic heterocycles. The molecule has 2 aliphatic heterocycles. The summed E-state index contributed by atoms with van der Waals surface area (Å²) in [7, 11) is 1.49. The van der Waals surface area contributed by atoms with E-state index in [1.165, 1.54) is 7.11 Å². The minimum Gasteiger partial charge on any atom is -0.482 e. The number of para-hydroxylation sites is 1. The fourth-order valence-electron chi connectivity index (χ4n) is 3.95. The Morgan fingerprint density at radius 1 is 1.11 bits per heavy atom. The fourth-order valence-corrected chi connectivity index (χ4v) is 3.95. The van der Waals surface area contributed by atoms with Gasteiger partial charge in [0, 0.05) is 17.5 Å². The number of fused-ring (bicyclic) bond motifs is 1. The molecule has 2 N–H and O–H groups in total. The van der Waals surface area contributed by atoms with E-state index in [2.05, 4.69) is 17.5 Å². The monoisotopic (exact) mass is 367 g/mol. The minimum absolute atomic E-state index is 0.0469. The summed E-state index contributed by atoms with van der Waals surface area (Å²) in [6, 6.07) is 13.8. The van der Waals surface area contributed by atoms with Gasteiger partial charge in [0.1, 0.15) is 11.4 Å². The average Bonchev–Trinajstić information content (AvgIpc) is 2.93. The molecule has 1 fully saturated rings. The van der Waals surface area contributed by atoms with Crippen molar-refractivity contribution >= 4 is 5.57 Å². The molecule has 0 bridgehead atoms. The lowest BCUT2D eigenvalue weighted by molar-refractivity contribution is -0.178. The van der Waals surface area contributed by atoms with Gasteiger partial charge >= 0.3 is 0 Å². The molecule has 0 radical (unpaired) electrons. The third-order valence-corrected chi connectivity index (χ3v) is 5.27. The van der Waals surface area contributed by atoms with Gasteiger partial charge in [0.2, 0.25) is 0 Å². The molecule has 4 rings (SSSR count). The fraction of sp³-hybridized carbons (Fsp3) is 0.364. The van der Waals surface area contributed by atoms with Crippen LogP contribution >= 0.6 is 0 Å². The Bertz CT molecular complexity index is 838. The van der Waals surface area contributed by atoms with Crippen molar-refractivity contribution in [3.8, 4) is 11.5 Å². The molecule has 1 saturated heterocycles. The summed E-state index contributed by atoms with van der Waals surface area (Å²) in [5, 5.41) is 12.9. The standard InChI is InChI=1S/C22H25NO4/c1-25-27-21-13-16(15-24)7-8-18(21)19-14-22(9-4-11-23-12-10-22)26-20-6-3-2-5-17(19)20/h2-3,5-8,13-14,23-24H,4,9-12,15H2,1H3.